The van der Waals surface area contributed by atoms with E-state index in [1.54, 1.807) is 0 Å². The maximum absolute atomic E-state index is 12.9. The Balaban J connectivity index is 1.69. The molecule has 2 aromatic rings. The molecule has 0 spiro atoms. The van der Waals surface area contributed by atoms with Crippen molar-refractivity contribution in [2.45, 2.75) is 30.6 Å². The van der Waals surface area contributed by atoms with Gasteiger partial charge in [0.2, 0.25) is 10.0 Å². The zero-order valence-corrected chi connectivity index (χ0v) is 16.7. The van der Waals surface area contributed by atoms with Crippen LogP contribution in [-0.4, -0.2) is 44.2 Å². The highest BCUT2D eigenvalue weighted by Gasteiger charge is 2.26. The van der Waals surface area contributed by atoms with Crippen LogP contribution in [0.3, 0.4) is 0 Å². The molecule has 0 atom stereocenters. The smallest absolute Gasteiger partial charge is 0.338 e. The summed E-state index contributed by atoms with van der Waals surface area (Å²) in [6, 6.07) is 10.5. The number of esters is 1. The highest BCUT2D eigenvalue weighted by atomic mass is 32.2. The number of sulfonamides is 1. The first-order chi connectivity index (χ1) is 13.9. The lowest BCUT2D eigenvalue weighted by atomic mass is 10.1. The minimum Gasteiger partial charge on any atom is -0.454 e. The maximum Gasteiger partial charge on any atom is 0.338 e. The van der Waals surface area contributed by atoms with Gasteiger partial charge in [-0.3, -0.25) is 4.79 Å². The lowest BCUT2D eigenvalue weighted by molar-refractivity contribution is 0.0474. The summed E-state index contributed by atoms with van der Waals surface area (Å²) in [6.45, 7) is 0.403. The molecule has 0 aromatic heterocycles. The van der Waals surface area contributed by atoms with Crippen molar-refractivity contribution in [3.05, 3.63) is 65.5 Å². The predicted octanol–water partition coefficient (Wildman–Crippen LogP) is 3.43. The second-order valence-corrected chi connectivity index (χ2v) is 8.79. The summed E-state index contributed by atoms with van der Waals surface area (Å²) in [4.78, 5) is 24.4. The summed E-state index contributed by atoms with van der Waals surface area (Å²) in [5.74, 6) is -1.75. The number of carbonyl (C=O) groups is 2. The third kappa shape index (κ3) is 5.27. The van der Waals surface area contributed by atoms with E-state index >= 15 is 0 Å². The van der Waals surface area contributed by atoms with E-state index in [0.29, 0.717) is 13.1 Å². The zero-order chi connectivity index (χ0) is 20.9. The number of Topliss-reactive ketones (excluding diaryl/α,β-unsaturated/α-hetero) is 1. The molecule has 1 aliphatic heterocycles. The normalized spacial score (nSPS) is 15.5. The van der Waals surface area contributed by atoms with Gasteiger partial charge in [0.15, 0.2) is 12.4 Å². The van der Waals surface area contributed by atoms with Crippen LogP contribution >= 0.6 is 0 Å². The highest BCUT2D eigenvalue weighted by molar-refractivity contribution is 7.89. The van der Waals surface area contributed by atoms with Crippen LogP contribution in [-0.2, 0) is 14.8 Å². The van der Waals surface area contributed by atoms with Crippen molar-refractivity contribution in [3.63, 3.8) is 0 Å². The fraction of sp³-hybridized carbons (Fsp3) is 0.333. The number of carbonyl (C=O) groups excluding carboxylic acids is 2. The molecule has 154 valence electrons. The van der Waals surface area contributed by atoms with E-state index in [9.17, 15) is 22.4 Å². The van der Waals surface area contributed by atoms with Gasteiger partial charge in [-0.15, -0.1) is 0 Å². The van der Waals surface area contributed by atoms with E-state index in [-0.39, 0.29) is 16.0 Å². The average Bonchev–Trinajstić information content (AvgIpc) is 3.02. The van der Waals surface area contributed by atoms with Crippen LogP contribution in [0.1, 0.15) is 46.4 Å². The number of ketones is 1. The summed E-state index contributed by atoms with van der Waals surface area (Å²) in [6.07, 6.45) is 3.62. The van der Waals surface area contributed by atoms with Crippen LogP contribution in [0.15, 0.2) is 53.4 Å². The van der Waals surface area contributed by atoms with E-state index in [0.717, 1.165) is 37.8 Å². The standard InChI is InChI=1S/C21H22FNO5S/c22-18-10-8-16(9-11-18)20(24)15-28-21(25)17-6-5-7-19(14-17)29(26,27)23-12-3-1-2-4-13-23/h5-11,14H,1-4,12-13,15H2. The van der Waals surface area contributed by atoms with Gasteiger partial charge in [0.05, 0.1) is 10.5 Å². The predicted molar refractivity (Wildman–Crippen MR) is 105 cm³/mol. The van der Waals surface area contributed by atoms with Crippen LogP contribution in [0.2, 0.25) is 0 Å². The van der Waals surface area contributed by atoms with E-state index in [4.69, 9.17) is 4.74 Å². The monoisotopic (exact) mass is 419 g/mol. The van der Waals surface area contributed by atoms with Crippen molar-refractivity contribution < 1.29 is 27.1 Å². The molecule has 0 saturated carbocycles. The molecule has 0 unspecified atom stereocenters. The molecular formula is C21H22FNO5S. The van der Waals surface area contributed by atoms with Gasteiger partial charge in [0.25, 0.3) is 0 Å². The van der Waals surface area contributed by atoms with Crippen molar-refractivity contribution in [1.82, 2.24) is 4.31 Å². The Labute approximate surface area is 169 Å². The molecule has 0 N–H and O–H groups in total. The van der Waals surface area contributed by atoms with Crippen molar-refractivity contribution >= 4 is 21.8 Å². The van der Waals surface area contributed by atoms with Crippen LogP contribution in [0.25, 0.3) is 0 Å². The molecule has 0 amide bonds. The number of halogens is 1. The minimum atomic E-state index is -3.70. The Hall–Kier alpha value is -2.58. The number of hydrogen-bond acceptors (Lipinski definition) is 5. The van der Waals surface area contributed by atoms with E-state index in [1.165, 1.54) is 40.7 Å². The zero-order valence-electron chi connectivity index (χ0n) is 15.8. The number of benzene rings is 2. The molecule has 0 bridgehead atoms. The van der Waals surface area contributed by atoms with Crippen LogP contribution in [0.4, 0.5) is 4.39 Å². The minimum absolute atomic E-state index is 0.0266. The number of rotatable bonds is 6. The largest absolute Gasteiger partial charge is 0.454 e. The van der Waals surface area contributed by atoms with Gasteiger partial charge in [-0.05, 0) is 55.3 Å². The van der Waals surface area contributed by atoms with Crippen molar-refractivity contribution in [3.8, 4) is 0 Å². The molecule has 0 aliphatic carbocycles. The van der Waals surface area contributed by atoms with Gasteiger partial charge in [-0.25, -0.2) is 17.6 Å². The molecule has 1 saturated heterocycles. The van der Waals surface area contributed by atoms with Gasteiger partial charge in [0, 0.05) is 18.7 Å². The van der Waals surface area contributed by atoms with E-state index in [1.807, 2.05) is 0 Å². The number of nitrogens with zero attached hydrogens (tertiary/aromatic N) is 1. The lowest BCUT2D eigenvalue weighted by Gasteiger charge is -2.20. The van der Waals surface area contributed by atoms with E-state index in [2.05, 4.69) is 0 Å². The molecule has 1 aliphatic rings. The summed E-state index contributed by atoms with van der Waals surface area (Å²) in [5, 5.41) is 0. The fourth-order valence-corrected chi connectivity index (χ4v) is 4.71. The summed E-state index contributed by atoms with van der Waals surface area (Å²) in [7, 11) is -3.70. The first kappa shape index (κ1) is 21.1. The van der Waals surface area contributed by atoms with Gasteiger partial charge in [0.1, 0.15) is 5.82 Å². The quantitative estimate of drug-likeness (QED) is 0.529. The summed E-state index contributed by atoms with van der Waals surface area (Å²) < 4.78 is 45.2. The fourth-order valence-electron chi connectivity index (χ4n) is 3.15. The average molecular weight is 419 g/mol. The molecule has 0 radical (unpaired) electrons. The lowest BCUT2D eigenvalue weighted by Crippen LogP contribution is -2.32. The van der Waals surface area contributed by atoms with Crippen LogP contribution in [0.5, 0.6) is 0 Å². The molecule has 8 heteroatoms. The third-order valence-electron chi connectivity index (χ3n) is 4.77. The molecular weight excluding hydrogens is 397 g/mol. The van der Waals surface area contributed by atoms with Gasteiger partial charge < -0.3 is 4.74 Å². The Bertz CT molecular complexity index is 980. The highest BCUT2D eigenvalue weighted by Crippen LogP contribution is 2.21. The van der Waals surface area contributed by atoms with Crippen LogP contribution < -0.4 is 0 Å². The second-order valence-electron chi connectivity index (χ2n) is 6.85. The van der Waals surface area contributed by atoms with Gasteiger partial charge in [-0.2, -0.15) is 4.31 Å². The second kappa shape index (κ2) is 9.28. The summed E-state index contributed by atoms with van der Waals surface area (Å²) >= 11 is 0. The van der Waals surface area contributed by atoms with Crippen molar-refractivity contribution in [2.75, 3.05) is 19.7 Å². The Morgan fingerprint density at radius 2 is 1.59 bits per heavy atom. The molecule has 29 heavy (non-hydrogen) atoms. The van der Waals surface area contributed by atoms with Gasteiger partial charge >= 0.3 is 5.97 Å². The third-order valence-corrected chi connectivity index (χ3v) is 6.67. The van der Waals surface area contributed by atoms with Crippen molar-refractivity contribution in [1.29, 1.82) is 0 Å². The summed E-state index contributed by atoms with van der Waals surface area (Å²) in [5.41, 5.74) is 0.268. The van der Waals surface area contributed by atoms with Gasteiger partial charge in [-0.1, -0.05) is 18.9 Å². The Kier molecular flexibility index (Phi) is 6.76. The molecule has 1 heterocycles. The van der Waals surface area contributed by atoms with Crippen LogP contribution in [0, 0.1) is 5.82 Å². The van der Waals surface area contributed by atoms with Crippen molar-refractivity contribution in [2.24, 2.45) is 0 Å². The SMILES string of the molecule is O=C(COC(=O)c1cccc(S(=O)(=O)N2CCCCCC2)c1)c1ccc(F)cc1. The Morgan fingerprint density at radius 3 is 2.24 bits per heavy atom. The molecule has 3 rings (SSSR count). The first-order valence-corrected chi connectivity index (χ1v) is 10.9. The topological polar surface area (TPSA) is 80.8 Å². The molecule has 6 nitrogen and oxygen atoms in total. The molecule has 1 fully saturated rings. The first-order valence-electron chi connectivity index (χ1n) is 9.44. The number of hydrogen-bond donors (Lipinski definition) is 0. The Morgan fingerprint density at radius 1 is 0.931 bits per heavy atom. The molecule has 2 aromatic carbocycles. The van der Waals surface area contributed by atoms with E-state index < -0.39 is 34.2 Å². The maximum atomic E-state index is 12.9. The number of ether oxygens (including phenoxy) is 1.